The van der Waals surface area contributed by atoms with E-state index < -0.39 is 0 Å². The minimum atomic E-state index is 0.119. The number of hydrogen-bond acceptors (Lipinski definition) is 3. The van der Waals surface area contributed by atoms with E-state index in [9.17, 15) is 4.79 Å². The van der Waals surface area contributed by atoms with E-state index in [1.807, 2.05) is 29.0 Å². The van der Waals surface area contributed by atoms with Crippen molar-refractivity contribution in [1.82, 2.24) is 19.0 Å². The molecule has 32 heavy (non-hydrogen) atoms. The summed E-state index contributed by atoms with van der Waals surface area (Å²) in [5, 5.41) is 0. The largest absolute Gasteiger partial charge is 0.329 e. The van der Waals surface area contributed by atoms with Gasteiger partial charge in [-0.05, 0) is 55.4 Å². The standard InChI is InChI=1S/C27H36N4O/c32-27-30(21-23-11-8-16-28-19-23)25-12-6-7-13-26(25)31(27)24-14-17-29(18-15-24)20-22-9-4-2-1-3-5-10-22/h6-8,11-13,16,19,22,24H,1-5,9-10,14-15,17-18,20-21H2. The molecule has 0 atom stereocenters. The van der Waals surface area contributed by atoms with Gasteiger partial charge in [0.1, 0.15) is 0 Å². The van der Waals surface area contributed by atoms with E-state index in [0.717, 1.165) is 48.4 Å². The number of piperidine rings is 1. The molecular weight excluding hydrogens is 396 g/mol. The molecule has 5 nitrogen and oxygen atoms in total. The molecule has 0 amide bonds. The summed E-state index contributed by atoms with van der Waals surface area (Å²) in [4.78, 5) is 20.4. The van der Waals surface area contributed by atoms with Gasteiger partial charge in [0.15, 0.2) is 0 Å². The second-order valence-electron chi connectivity index (χ2n) is 9.83. The average molecular weight is 433 g/mol. The van der Waals surface area contributed by atoms with Crippen LogP contribution in [-0.2, 0) is 6.54 Å². The summed E-state index contributed by atoms with van der Waals surface area (Å²) >= 11 is 0. The monoisotopic (exact) mass is 432 g/mol. The van der Waals surface area contributed by atoms with Gasteiger partial charge in [0.05, 0.1) is 17.6 Å². The number of nitrogens with zero attached hydrogens (tertiary/aromatic N) is 4. The third kappa shape index (κ3) is 4.68. The molecule has 3 heterocycles. The second-order valence-corrected chi connectivity index (χ2v) is 9.83. The highest BCUT2D eigenvalue weighted by atomic mass is 16.1. The van der Waals surface area contributed by atoms with E-state index in [1.165, 1.54) is 51.5 Å². The van der Waals surface area contributed by atoms with Gasteiger partial charge in [-0.3, -0.25) is 14.1 Å². The zero-order valence-electron chi connectivity index (χ0n) is 19.2. The Balaban J connectivity index is 1.31. The fourth-order valence-corrected chi connectivity index (χ4v) is 5.86. The van der Waals surface area contributed by atoms with Gasteiger partial charge in [0.25, 0.3) is 0 Å². The smallest absolute Gasteiger partial charge is 0.303 e. The van der Waals surface area contributed by atoms with Gasteiger partial charge in [-0.25, -0.2) is 4.79 Å². The van der Waals surface area contributed by atoms with Crippen molar-refractivity contribution >= 4 is 11.0 Å². The van der Waals surface area contributed by atoms with Crippen molar-refractivity contribution in [3.8, 4) is 0 Å². The predicted molar refractivity (Wildman–Crippen MR) is 130 cm³/mol. The molecule has 0 N–H and O–H groups in total. The number of imidazole rings is 1. The SMILES string of the molecule is O=c1n(Cc2cccnc2)c2ccccc2n1C1CCN(CC2CCCCCCC2)CC1. The number of hydrogen-bond donors (Lipinski definition) is 0. The van der Waals surface area contributed by atoms with E-state index in [0.29, 0.717) is 6.54 Å². The first kappa shape index (κ1) is 21.4. The third-order valence-electron chi connectivity index (χ3n) is 7.60. The Morgan fingerprint density at radius 1 is 0.844 bits per heavy atom. The van der Waals surface area contributed by atoms with E-state index in [2.05, 4.69) is 32.7 Å². The molecule has 0 unspecified atom stereocenters. The van der Waals surface area contributed by atoms with Crippen LogP contribution in [0.2, 0.25) is 0 Å². The first-order valence-electron chi connectivity index (χ1n) is 12.6. The maximum Gasteiger partial charge on any atom is 0.329 e. The summed E-state index contributed by atoms with van der Waals surface area (Å²) in [7, 11) is 0. The van der Waals surface area contributed by atoms with Crippen molar-refractivity contribution in [3.63, 3.8) is 0 Å². The first-order valence-corrected chi connectivity index (χ1v) is 12.6. The van der Waals surface area contributed by atoms with Crippen LogP contribution in [0.25, 0.3) is 11.0 Å². The Morgan fingerprint density at radius 3 is 2.28 bits per heavy atom. The highest BCUT2D eigenvalue weighted by Gasteiger charge is 2.26. The Kier molecular flexibility index (Phi) is 6.72. The third-order valence-corrected chi connectivity index (χ3v) is 7.60. The maximum absolute atomic E-state index is 13.6. The average Bonchev–Trinajstić information content (AvgIpc) is 3.08. The molecule has 3 aromatic rings. The molecule has 1 aromatic carbocycles. The Bertz CT molecular complexity index is 1050. The van der Waals surface area contributed by atoms with Crippen molar-refractivity contribution in [1.29, 1.82) is 0 Å². The van der Waals surface area contributed by atoms with Crippen LogP contribution in [0.3, 0.4) is 0 Å². The highest BCUT2D eigenvalue weighted by Crippen LogP contribution is 2.28. The van der Waals surface area contributed by atoms with Gasteiger partial charge in [-0.2, -0.15) is 0 Å². The summed E-state index contributed by atoms with van der Waals surface area (Å²) in [5.41, 5.74) is 3.28. The predicted octanol–water partition coefficient (Wildman–Crippen LogP) is 5.24. The summed E-state index contributed by atoms with van der Waals surface area (Å²) in [6.07, 6.45) is 15.7. The summed E-state index contributed by atoms with van der Waals surface area (Å²) in [6.45, 7) is 4.04. The topological polar surface area (TPSA) is 43.1 Å². The van der Waals surface area contributed by atoms with Gasteiger partial charge in [-0.15, -0.1) is 0 Å². The molecule has 0 bridgehead atoms. The molecule has 1 aliphatic heterocycles. The lowest BCUT2D eigenvalue weighted by Gasteiger charge is -2.35. The quantitative estimate of drug-likeness (QED) is 0.553. The van der Waals surface area contributed by atoms with E-state index >= 15 is 0 Å². The molecule has 2 aliphatic rings. The molecular formula is C27H36N4O. The fourth-order valence-electron chi connectivity index (χ4n) is 5.86. The van der Waals surface area contributed by atoms with Gasteiger partial charge >= 0.3 is 5.69 Å². The maximum atomic E-state index is 13.6. The number of aromatic nitrogens is 3. The fraction of sp³-hybridized carbons (Fsp3) is 0.556. The number of pyridine rings is 1. The van der Waals surface area contributed by atoms with Crippen molar-refractivity contribution in [2.24, 2.45) is 5.92 Å². The minimum Gasteiger partial charge on any atom is -0.303 e. The Labute approximate surface area is 191 Å². The van der Waals surface area contributed by atoms with Crippen molar-refractivity contribution in [2.75, 3.05) is 19.6 Å². The van der Waals surface area contributed by atoms with E-state index in [4.69, 9.17) is 0 Å². The summed E-state index contributed by atoms with van der Waals surface area (Å²) in [6, 6.07) is 12.5. The number of likely N-dealkylation sites (tertiary alicyclic amines) is 1. The van der Waals surface area contributed by atoms with Gasteiger partial charge < -0.3 is 4.90 Å². The second kappa shape index (κ2) is 10.0. The van der Waals surface area contributed by atoms with Crippen LogP contribution in [0.5, 0.6) is 0 Å². The molecule has 2 aromatic heterocycles. The van der Waals surface area contributed by atoms with Crippen LogP contribution in [0.15, 0.2) is 53.6 Å². The van der Waals surface area contributed by atoms with E-state index in [-0.39, 0.29) is 11.7 Å². The van der Waals surface area contributed by atoms with Crippen molar-refractivity contribution < 1.29 is 0 Å². The van der Waals surface area contributed by atoms with Gasteiger partial charge in [-0.1, -0.05) is 50.3 Å². The van der Waals surface area contributed by atoms with Crippen LogP contribution in [0.4, 0.5) is 0 Å². The zero-order valence-corrected chi connectivity index (χ0v) is 19.2. The van der Waals surface area contributed by atoms with Crippen LogP contribution in [-0.4, -0.2) is 38.7 Å². The van der Waals surface area contributed by atoms with Gasteiger partial charge in [0, 0.05) is 38.1 Å². The minimum absolute atomic E-state index is 0.119. The molecule has 5 rings (SSSR count). The Hall–Kier alpha value is -2.40. The molecule has 0 spiro atoms. The normalized spacial score (nSPS) is 19.8. The zero-order chi connectivity index (χ0) is 21.8. The van der Waals surface area contributed by atoms with Crippen LogP contribution in [0, 0.1) is 5.92 Å². The summed E-state index contributed by atoms with van der Waals surface area (Å²) in [5.74, 6) is 0.871. The molecule has 1 saturated heterocycles. The number of fused-ring (bicyclic) bond motifs is 1. The number of para-hydroxylation sites is 2. The lowest BCUT2D eigenvalue weighted by atomic mass is 9.90. The molecule has 2 fully saturated rings. The highest BCUT2D eigenvalue weighted by molar-refractivity contribution is 5.76. The van der Waals surface area contributed by atoms with Crippen LogP contribution in [0.1, 0.15) is 69.4 Å². The van der Waals surface area contributed by atoms with Crippen molar-refractivity contribution in [3.05, 3.63) is 64.8 Å². The lowest BCUT2D eigenvalue weighted by Crippen LogP contribution is -2.40. The molecule has 0 radical (unpaired) electrons. The lowest BCUT2D eigenvalue weighted by molar-refractivity contribution is 0.152. The van der Waals surface area contributed by atoms with Crippen LogP contribution >= 0.6 is 0 Å². The van der Waals surface area contributed by atoms with Crippen molar-refractivity contribution in [2.45, 2.75) is 70.4 Å². The number of benzene rings is 1. The van der Waals surface area contributed by atoms with E-state index in [1.54, 1.807) is 6.20 Å². The van der Waals surface area contributed by atoms with Crippen LogP contribution < -0.4 is 5.69 Å². The van der Waals surface area contributed by atoms with Gasteiger partial charge in [0.2, 0.25) is 0 Å². The molecule has 1 aliphatic carbocycles. The molecule has 170 valence electrons. The molecule has 5 heteroatoms. The first-order chi connectivity index (χ1) is 15.8. The number of rotatable bonds is 5. The summed E-state index contributed by atoms with van der Waals surface area (Å²) < 4.78 is 4.01. The molecule has 1 saturated carbocycles. The Morgan fingerprint density at radius 2 is 1.56 bits per heavy atom.